The quantitative estimate of drug-likeness (QED) is 0.726. The Bertz CT molecular complexity index is 167. The lowest BCUT2D eigenvalue weighted by Gasteiger charge is -2.35. The van der Waals surface area contributed by atoms with Gasteiger partial charge in [0.25, 0.3) is 0 Å². The Balaban J connectivity index is 1.86. The zero-order chi connectivity index (χ0) is 9.86. The van der Waals surface area contributed by atoms with Gasteiger partial charge in [-0.2, -0.15) is 0 Å². The fraction of sp³-hybridized carbons (Fsp3) is 1.00. The van der Waals surface area contributed by atoms with Crippen LogP contribution in [0.3, 0.4) is 0 Å². The molecule has 0 aromatic rings. The average Bonchev–Trinajstić information content (AvgIpc) is 2.69. The van der Waals surface area contributed by atoms with Crippen LogP contribution in [0, 0.1) is 0 Å². The first-order valence-electron chi connectivity index (χ1n) is 6.32. The highest BCUT2D eigenvalue weighted by molar-refractivity contribution is 4.96. The maximum Gasteiger partial charge on any atom is 0.0306 e. The van der Waals surface area contributed by atoms with Crippen LogP contribution in [0.15, 0.2) is 0 Å². The molecule has 0 bridgehead atoms. The van der Waals surface area contributed by atoms with Crippen molar-refractivity contribution in [3.63, 3.8) is 0 Å². The average molecular weight is 196 g/mol. The van der Waals surface area contributed by atoms with E-state index in [1.54, 1.807) is 0 Å². The highest BCUT2D eigenvalue weighted by atomic mass is 15.0. The highest BCUT2D eigenvalue weighted by Gasteiger charge is 2.34. The normalized spacial score (nSPS) is 28.1. The molecule has 2 rings (SSSR count). The van der Waals surface area contributed by atoms with Gasteiger partial charge in [-0.1, -0.05) is 32.1 Å². The van der Waals surface area contributed by atoms with Crippen molar-refractivity contribution >= 4 is 0 Å². The monoisotopic (exact) mass is 196 g/mol. The fourth-order valence-corrected chi connectivity index (χ4v) is 3.14. The first kappa shape index (κ1) is 10.4. The maximum atomic E-state index is 5.92. The SMILES string of the molecule is NCC1(NC2CCCCC2)CCCC1. The second-order valence-corrected chi connectivity index (χ2v) is 5.17. The lowest BCUT2D eigenvalue weighted by molar-refractivity contribution is 0.255. The molecule has 2 nitrogen and oxygen atoms in total. The molecule has 0 saturated heterocycles. The summed E-state index contributed by atoms with van der Waals surface area (Å²) in [6.07, 6.45) is 12.4. The van der Waals surface area contributed by atoms with Gasteiger partial charge in [0, 0.05) is 18.1 Å². The van der Waals surface area contributed by atoms with Crippen molar-refractivity contribution in [2.24, 2.45) is 5.73 Å². The number of nitrogens with two attached hydrogens (primary N) is 1. The van der Waals surface area contributed by atoms with Crippen LogP contribution < -0.4 is 11.1 Å². The minimum absolute atomic E-state index is 0.321. The summed E-state index contributed by atoms with van der Waals surface area (Å²) < 4.78 is 0. The predicted molar refractivity (Wildman–Crippen MR) is 60.3 cm³/mol. The zero-order valence-electron chi connectivity index (χ0n) is 9.23. The molecule has 2 saturated carbocycles. The molecule has 0 atom stereocenters. The van der Waals surface area contributed by atoms with E-state index in [4.69, 9.17) is 5.73 Å². The molecule has 2 aliphatic carbocycles. The number of nitrogens with one attached hydrogen (secondary N) is 1. The van der Waals surface area contributed by atoms with Crippen molar-refractivity contribution in [2.45, 2.75) is 69.4 Å². The third kappa shape index (κ3) is 2.29. The van der Waals surface area contributed by atoms with Crippen LogP contribution in [0.2, 0.25) is 0 Å². The van der Waals surface area contributed by atoms with Crippen molar-refractivity contribution in [2.75, 3.05) is 6.54 Å². The second kappa shape index (κ2) is 4.63. The Morgan fingerprint density at radius 2 is 1.64 bits per heavy atom. The third-order valence-electron chi connectivity index (χ3n) is 4.07. The molecule has 0 unspecified atom stereocenters. The van der Waals surface area contributed by atoms with E-state index < -0.39 is 0 Å². The largest absolute Gasteiger partial charge is 0.329 e. The van der Waals surface area contributed by atoms with Gasteiger partial charge in [-0.25, -0.2) is 0 Å². The summed E-state index contributed by atoms with van der Waals surface area (Å²) in [4.78, 5) is 0. The van der Waals surface area contributed by atoms with E-state index in [0.29, 0.717) is 5.54 Å². The van der Waals surface area contributed by atoms with Gasteiger partial charge in [0.2, 0.25) is 0 Å². The lowest BCUT2D eigenvalue weighted by atomic mass is 9.90. The van der Waals surface area contributed by atoms with Gasteiger partial charge in [-0.05, 0) is 25.7 Å². The van der Waals surface area contributed by atoms with E-state index in [0.717, 1.165) is 12.6 Å². The molecular weight excluding hydrogens is 172 g/mol. The van der Waals surface area contributed by atoms with Crippen molar-refractivity contribution < 1.29 is 0 Å². The van der Waals surface area contributed by atoms with Crippen LogP contribution >= 0.6 is 0 Å². The van der Waals surface area contributed by atoms with E-state index in [1.165, 1.54) is 57.8 Å². The molecular formula is C12H24N2. The maximum absolute atomic E-state index is 5.92. The fourth-order valence-electron chi connectivity index (χ4n) is 3.14. The van der Waals surface area contributed by atoms with E-state index in [2.05, 4.69) is 5.32 Å². The summed E-state index contributed by atoms with van der Waals surface area (Å²) in [5, 5.41) is 3.86. The van der Waals surface area contributed by atoms with Crippen LogP contribution in [-0.4, -0.2) is 18.1 Å². The van der Waals surface area contributed by atoms with E-state index in [-0.39, 0.29) is 0 Å². The number of hydrogen-bond donors (Lipinski definition) is 2. The Hall–Kier alpha value is -0.0800. The molecule has 0 aromatic carbocycles. The molecule has 0 spiro atoms. The van der Waals surface area contributed by atoms with Crippen LogP contribution in [0.1, 0.15) is 57.8 Å². The van der Waals surface area contributed by atoms with E-state index in [9.17, 15) is 0 Å². The van der Waals surface area contributed by atoms with E-state index in [1.807, 2.05) is 0 Å². The molecule has 0 aromatic heterocycles. The van der Waals surface area contributed by atoms with Gasteiger partial charge >= 0.3 is 0 Å². The molecule has 2 fully saturated rings. The summed E-state index contributed by atoms with van der Waals surface area (Å²) >= 11 is 0. The molecule has 0 amide bonds. The molecule has 0 heterocycles. The van der Waals surface area contributed by atoms with Crippen molar-refractivity contribution in [3.8, 4) is 0 Å². The van der Waals surface area contributed by atoms with Crippen LogP contribution in [0.4, 0.5) is 0 Å². The van der Waals surface area contributed by atoms with Gasteiger partial charge in [-0.15, -0.1) is 0 Å². The van der Waals surface area contributed by atoms with Crippen molar-refractivity contribution in [1.82, 2.24) is 5.32 Å². The summed E-state index contributed by atoms with van der Waals surface area (Å²) in [5.41, 5.74) is 6.24. The minimum atomic E-state index is 0.321. The minimum Gasteiger partial charge on any atom is -0.329 e. The van der Waals surface area contributed by atoms with Gasteiger partial charge < -0.3 is 11.1 Å². The molecule has 2 aliphatic rings. The molecule has 0 aliphatic heterocycles. The molecule has 2 heteroatoms. The van der Waals surface area contributed by atoms with Gasteiger partial charge in [0.15, 0.2) is 0 Å². The lowest BCUT2D eigenvalue weighted by Crippen LogP contribution is -2.53. The Kier molecular flexibility index (Phi) is 3.45. The summed E-state index contributed by atoms with van der Waals surface area (Å²) in [6, 6.07) is 0.769. The number of hydrogen-bond acceptors (Lipinski definition) is 2. The molecule has 14 heavy (non-hydrogen) atoms. The second-order valence-electron chi connectivity index (χ2n) is 5.17. The van der Waals surface area contributed by atoms with Crippen LogP contribution in [-0.2, 0) is 0 Å². The predicted octanol–water partition coefficient (Wildman–Crippen LogP) is 2.18. The summed E-state index contributed by atoms with van der Waals surface area (Å²) in [6.45, 7) is 0.837. The molecule has 82 valence electrons. The van der Waals surface area contributed by atoms with E-state index >= 15 is 0 Å². The van der Waals surface area contributed by atoms with Gasteiger partial charge in [0.1, 0.15) is 0 Å². The topological polar surface area (TPSA) is 38.0 Å². The summed E-state index contributed by atoms with van der Waals surface area (Å²) in [5.74, 6) is 0. The summed E-state index contributed by atoms with van der Waals surface area (Å²) in [7, 11) is 0. The Morgan fingerprint density at radius 3 is 2.21 bits per heavy atom. The van der Waals surface area contributed by atoms with Crippen LogP contribution in [0.5, 0.6) is 0 Å². The number of rotatable bonds is 3. The van der Waals surface area contributed by atoms with Crippen molar-refractivity contribution in [1.29, 1.82) is 0 Å². The molecule has 0 radical (unpaired) electrons. The standard InChI is InChI=1S/C12H24N2/c13-10-12(8-4-5-9-12)14-11-6-2-1-3-7-11/h11,14H,1-10,13H2. The van der Waals surface area contributed by atoms with Gasteiger partial charge in [0.05, 0.1) is 0 Å². The van der Waals surface area contributed by atoms with Crippen molar-refractivity contribution in [3.05, 3.63) is 0 Å². The Morgan fingerprint density at radius 1 is 1.00 bits per heavy atom. The smallest absolute Gasteiger partial charge is 0.0306 e. The van der Waals surface area contributed by atoms with Crippen LogP contribution in [0.25, 0.3) is 0 Å². The highest BCUT2D eigenvalue weighted by Crippen LogP contribution is 2.31. The first-order valence-corrected chi connectivity index (χ1v) is 6.32. The molecule has 3 N–H and O–H groups in total. The van der Waals surface area contributed by atoms with Gasteiger partial charge in [-0.3, -0.25) is 0 Å². The first-order chi connectivity index (χ1) is 6.85. The zero-order valence-corrected chi connectivity index (χ0v) is 9.23. The third-order valence-corrected chi connectivity index (χ3v) is 4.07. The Labute approximate surface area is 87.6 Å².